The van der Waals surface area contributed by atoms with Gasteiger partial charge in [-0.25, -0.2) is 22.9 Å². The molecule has 0 bridgehead atoms. The molecule has 7 nitrogen and oxygen atoms in total. The van der Waals surface area contributed by atoms with Gasteiger partial charge in [-0.3, -0.25) is 0 Å². The molecule has 0 saturated carbocycles. The highest BCUT2D eigenvalue weighted by atomic mass is 32.2. The number of carbonyl (C=O) groups is 1. The molecule has 108 valence electrons. The lowest BCUT2D eigenvalue weighted by Gasteiger charge is -2.07. The van der Waals surface area contributed by atoms with E-state index in [0.717, 1.165) is 0 Å². The van der Waals surface area contributed by atoms with Crippen LogP contribution < -0.4 is 4.72 Å². The summed E-state index contributed by atoms with van der Waals surface area (Å²) in [4.78, 5) is 15.4. The molecule has 0 aliphatic rings. The van der Waals surface area contributed by atoms with Gasteiger partial charge in [-0.2, -0.15) is 0 Å². The summed E-state index contributed by atoms with van der Waals surface area (Å²) in [7, 11) is -1.96. The molecule has 2 rings (SSSR count). The fourth-order valence-electron chi connectivity index (χ4n) is 2.03. The van der Waals surface area contributed by atoms with Gasteiger partial charge in [-0.1, -0.05) is 6.07 Å². The smallest absolute Gasteiger partial charge is 0.337 e. The van der Waals surface area contributed by atoms with Gasteiger partial charge in [0.15, 0.2) is 0 Å². The standard InChI is InChI=1S/C12H15N3O4S/c1-8-14-11-9(12(16)17)4-3-5-10(11)15(8)6-7-20(18,19)13-2/h3-5,13H,6-7H2,1-2H3,(H,16,17). The summed E-state index contributed by atoms with van der Waals surface area (Å²) in [6.07, 6.45) is 0. The predicted molar refractivity (Wildman–Crippen MR) is 74.3 cm³/mol. The average molecular weight is 297 g/mol. The summed E-state index contributed by atoms with van der Waals surface area (Å²) in [6, 6.07) is 4.83. The molecule has 8 heteroatoms. The summed E-state index contributed by atoms with van der Waals surface area (Å²) in [6.45, 7) is 1.94. The van der Waals surface area contributed by atoms with Crippen LogP contribution in [0, 0.1) is 6.92 Å². The van der Waals surface area contributed by atoms with E-state index in [4.69, 9.17) is 5.11 Å². The van der Waals surface area contributed by atoms with Crippen molar-refractivity contribution in [3.05, 3.63) is 29.6 Å². The highest BCUT2D eigenvalue weighted by Crippen LogP contribution is 2.20. The van der Waals surface area contributed by atoms with E-state index < -0.39 is 16.0 Å². The van der Waals surface area contributed by atoms with Crippen LogP contribution in [0.5, 0.6) is 0 Å². The minimum Gasteiger partial charge on any atom is -0.478 e. The Bertz CT molecular complexity index is 764. The number of imidazole rings is 1. The highest BCUT2D eigenvalue weighted by Gasteiger charge is 2.16. The van der Waals surface area contributed by atoms with Crippen molar-refractivity contribution in [1.29, 1.82) is 0 Å². The number of aryl methyl sites for hydroxylation is 2. The topological polar surface area (TPSA) is 101 Å². The Morgan fingerprint density at radius 1 is 1.45 bits per heavy atom. The van der Waals surface area contributed by atoms with Crippen molar-refractivity contribution in [1.82, 2.24) is 14.3 Å². The zero-order chi connectivity index (χ0) is 14.9. The van der Waals surface area contributed by atoms with Crippen LogP contribution in [0.2, 0.25) is 0 Å². The van der Waals surface area contributed by atoms with Gasteiger partial charge < -0.3 is 9.67 Å². The van der Waals surface area contributed by atoms with E-state index in [1.54, 1.807) is 23.6 Å². The molecule has 1 aromatic carbocycles. The summed E-state index contributed by atoms with van der Waals surface area (Å²) >= 11 is 0. The summed E-state index contributed by atoms with van der Waals surface area (Å²) in [5, 5.41) is 9.13. The maximum atomic E-state index is 11.5. The molecule has 0 atom stereocenters. The van der Waals surface area contributed by atoms with Crippen LogP contribution in [-0.4, -0.2) is 41.8 Å². The number of aromatic nitrogens is 2. The van der Waals surface area contributed by atoms with E-state index in [1.807, 2.05) is 0 Å². The van der Waals surface area contributed by atoms with Gasteiger partial charge in [-0.05, 0) is 26.1 Å². The number of sulfonamides is 1. The van der Waals surface area contributed by atoms with Gasteiger partial charge in [0.2, 0.25) is 10.0 Å². The quantitative estimate of drug-likeness (QED) is 0.841. The van der Waals surface area contributed by atoms with Gasteiger partial charge in [-0.15, -0.1) is 0 Å². The first-order valence-electron chi connectivity index (χ1n) is 5.96. The second-order valence-corrected chi connectivity index (χ2v) is 6.36. The lowest BCUT2D eigenvalue weighted by atomic mass is 10.2. The SMILES string of the molecule is CNS(=O)(=O)CCn1c(C)nc2c(C(=O)O)cccc21. The van der Waals surface area contributed by atoms with E-state index in [9.17, 15) is 13.2 Å². The lowest BCUT2D eigenvalue weighted by molar-refractivity contribution is 0.0699. The number of hydrogen-bond donors (Lipinski definition) is 2. The first-order valence-corrected chi connectivity index (χ1v) is 7.61. The molecule has 0 amide bonds. The number of rotatable bonds is 5. The molecular weight excluding hydrogens is 282 g/mol. The summed E-state index contributed by atoms with van der Waals surface area (Å²) < 4.78 is 26.9. The zero-order valence-corrected chi connectivity index (χ0v) is 11.9. The molecular formula is C12H15N3O4S. The van der Waals surface area contributed by atoms with E-state index in [0.29, 0.717) is 16.9 Å². The van der Waals surface area contributed by atoms with Gasteiger partial charge in [0, 0.05) is 6.54 Å². The predicted octanol–water partition coefficient (Wildman–Crippen LogP) is 0.592. The van der Waals surface area contributed by atoms with Crippen molar-refractivity contribution >= 4 is 27.0 Å². The Hall–Kier alpha value is -1.93. The van der Waals surface area contributed by atoms with Crippen molar-refractivity contribution in [3.63, 3.8) is 0 Å². The first kappa shape index (κ1) is 14.5. The number of nitrogens with one attached hydrogen (secondary N) is 1. The van der Waals surface area contributed by atoms with Crippen LogP contribution in [0.25, 0.3) is 11.0 Å². The minimum absolute atomic E-state index is 0.0902. The normalized spacial score (nSPS) is 11.9. The number of fused-ring (bicyclic) bond motifs is 1. The first-order chi connectivity index (χ1) is 9.35. The third-order valence-electron chi connectivity index (χ3n) is 3.09. The van der Waals surface area contributed by atoms with Gasteiger partial charge >= 0.3 is 5.97 Å². The van der Waals surface area contributed by atoms with Crippen LogP contribution in [0.1, 0.15) is 16.2 Å². The van der Waals surface area contributed by atoms with Gasteiger partial charge in [0.05, 0.1) is 16.8 Å². The number of nitrogens with zero attached hydrogens (tertiary/aromatic N) is 2. The molecule has 1 heterocycles. The van der Waals surface area contributed by atoms with Crippen molar-refractivity contribution in [2.75, 3.05) is 12.8 Å². The monoisotopic (exact) mass is 297 g/mol. The van der Waals surface area contributed by atoms with Crippen LogP contribution in [0.3, 0.4) is 0 Å². The van der Waals surface area contributed by atoms with Crippen LogP contribution in [0.15, 0.2) is 18.2 Å². The summed E-state index contributed by atoms with van der Waals surface area (Å²) in [5.74, 6) is -0.560. The summed E-state index contributed by atoms with van der Waals surface area (Å²) in [5.41, 5.74) is 1.11. The van der Waals surface area contributed by atoms with Crippen molar-refractivity contribution in [3.8, 4) is 0 Å². The molecule has 2 aromatic rings. The minimum atomic E-state index is -3.32. The van der Waals surface area contributed by atoms with Gasteiger partial charge in [0.1, 0.15) is 11.3 Å². The van der Waals surface area contributed by atoms with Crippen LogP contribution in [-0.2, 0) is 16.6 Å². The fraction of sp³-hybridized carbons (Fsp3) is 0.333. The number of hydrogen-bond acceptors (Lipinski definition) is 4. The molecule has 0 saturated heterocycles. The Balaban J connectivity index is 2.47. The molecule has 0 unspecified atom stereocenters. The molecule has 0 aliphatic heterocycles. The van der Waals surface area contributed by atoms with E-state index in [1.165, 1.54) is 13.1 Å². The van der Waals surface area contributed by atoms with E-state index in [-0.39, 0.29) is 17.9 Å². The lowest BCUT2D eigenvalue weighted by Crippen LogP contribution is -2.24. The zero-order valence-electron chi connectivity index (χ0n) is 11.1. The highest BCUT2D eigenvalue weighted by molar-refractivity contribution is 7.89. The number of carboxylic acid groups (broad SMARTS) is 1. The molecule has 2 N–H and O–H groups in total. The van der Waals surface area contributed by atoms with Crippen molar-refractivity contribution in [2.24, 2.45) is 0 Å². The Morgan fingerprint density at radius 2 is 2.15 bits per heavy atom. The molecule has 0 spiro atoms. The van der Waals surface area contributed by atoms with Crippen molar-refractivity contribution < 1.29 is 18.3 Å². The Kier molecular flexibility index (Phi) is 3.78. The molecule has 0 fully saturated rings. The number of carboxylic acids is 1. The molecule has 0 radical (unpaired) electrons. The second-order valence-electron chi connectivity index (χ2n) is 4.31. The van der Waals surface area contributed by atoms with Gasteiger partial charge in [0.25, 0.3) is 0 Å². The van der Waals surface area contributed by atoms with Crippen LogP contribution >= 0.6 is 0 Å². The average Bonchev–Trinajstić information content (AvgIpc) is 2.71. The van der Waals surface area contributed by atoms with E-state index in [2.05, 4.69) is 9.71 Å². The third-order valence-corrected chi connectivity index (χ3v) is 4.44. The van der Waals surface area contributed by atoms with Crippen molar-refractivity contribution in [2.45, 2.75) is 13.5 Å². The Labute approximate surface area is 116 Å². The maximum absolute atomic E-state index is 11.5. The number of aromatic carboxylic acids is 1. The molecule has 0 aliphatic carbocycles. The molecule has 20 heavy (non-hydrogen) atoms. The number of para-hydroxylation sites is 1. The Morgan fingerprint density at radius 3 is 2.75 bits per heavy atom. The molecule has 1 aromatic heterocycles. The fourth-order valence-corrected chi connectivity index (χ4v) is 2.66. The largest absolute Gasteiger partial charge is 0.478 e. The number of benzene rings is 1. The van der Waals surface area contributed by atoms with E-state index >= 15 is 0 Å². The third kappa shape index (κ3) is 2.66. The second kappa shape index (κ2) is 5.22. The van der Waals surface area contributed by atoms with Crippen LogP contribution in [0.4, 0.5) is 0 Å². The maximum Gasteiger partial charge on any atom is 0.337 e.